The number of rotatable bonds is 8. The number of carboxylic acids is 1. The molecule has 9 atom stereocenters. The average molecular weight is 462 g/mol. The summed E-state index contributed by atoms with van der Waals surface area (Å²) in [5.74, 6) is 3.80. The van der Waals surface area contributed by atoms with Gasteiger partial charge in [-0.15, -0.1) is 0 Å². The molecule has 0 heterocycles. The number of hydrogen-bond acceptors (Lipinski definition) is 4. The first kappa shape index (κ1) is 25.0. The summed E-state index contributed by atoms with van der Waals surface area (Å²) in [6.45, 7) is 7.60. The van der Waals surface area contributed by atoms with Crippen molar-refractivity contribution in [1.82, 2.24) is 0 Å². The lowest BCUT2D eigenvalue weighted by Gasteiger charge is -2.61. The van der Waals surface area contributed by atoms with E-state index >= 15 is 0 Å². The highest BCUT2D eigenvalue weighted by Crippen LogP contribution is 2.68. The molecule has 0 bridgehead atoms. The van der Waals surface area contributed by atoms with Gasteiger partial charge in [0.2, 0.25) is 0 Å². The SMILES string of the molecule is C[C@H](CCCCC(=O)O)C1CCC2[C@@H]3CCC4CC(OC(=O)CN)CC[C@]4(C)C3CC[C@@]21C. The summed E-state index contributed by atoms with van der Waals surface area (Å²) in [7, 11) is 0. The Balaban J connectivity index is 1.39. The van der Waals surface area contributed by atoms with Crippen LogP contribution in [0.1, 0.15) is 104 Å². The summed E-state index contributed by atoms with van der Waals surface area (Å²) in [4.78, 5) is 22.6. The minimum absolute atomic E-state index is 0.0114. The summed E-state index contributed by atoms with van der Waals surface area (Å²) >= 11 is 0. The van der Waals surface area contributed by atoms with Crippen molar-refractivity contribution >= 4 is 11.9 Å². The molecule has 4 aliphatic carbocycles. The normalized spacial score (nSPS) is 43.2. The van der Waals surface area contributed by atoms with Crippen LogP contribution in [0.5, 0.6) is 0 Å². The van der Waals surface area contributed by atoms with E-state index in [-0.39, 0.29) is 18.6 Å². The molecule has 5 nitrogen and oxygen atoms in total. The third kappa shape index (κ3) is 4.73. The minimum Gasteiger partial charge on any atom is -0.481 e. The van der Waals surface area contributed by atoms with Gasteiger partial charge in [-0.1, -0.05) is 33.6 Å². The molecule has 4 saturated carbocycles. The molecule has 0 aromatic carbocycles. The molecule has 0 spiro atoms. The molecule has 188 valence electrons. The van der Waals surface area contributed by atoms with Crippen LogP contribution in [0.25, 0.3) is 0 Å². The van der Waals surface area contributed by atoms with Gasteiger partial charge in [0.05, 0.1) is 6.54 Å². The minimum atomic E-state index is -0.662. The monoisotopic (exact) mass is 461 g/mol. The van der Waals surface area contributed by atoms with E-state index in [0.717, 1.165) is 49.4 Å². The van der Waals surface area contributed by atoms with E-state index in [2.05, 4.69) is 20.8 Å². The van der Waals surface area contributed by atoms with Gasteiger partial charge in [-0.2, -0.15) is 0 Å². The highest BCUT2D eigenvalue weighted by atomic mass is 16.5. The van der Waals surface area contributed by atoms with Gasteiger partial charge >= 0.3 is 11.9 Å². The van der Waals surface area contributed by atoms with E-state index in [4.69, 9.17) is 15.6 Å². The van der Waals surface area contributed by atoms with Crippen molar-refractivity contribution in [3.05, 3.63) is 0 Å². The largest absolute Gasteiger partial charge is 0.481 e. The Hall–Kier alpha value is -1.10. The molecule has 0 amide bonds. The zero-order valence-corrected chi connectivity index (χ0v) is 21.2. The zero-order chi connectivity index (χ0) is 23.8. The van der Waals surface area contributed by atoms with Crippen LogP contribution in [0.15, 0.2) is 0 Å². The lowest BCUT2D eigenvalue weighted by Crippen LogP contribution is -2.54. The fourth-order valence-electron chi connectivity index (χ4n) is 9.48. The predicted octanol–water partition coefficient (Wildman–Crippen LogP) is 5.80. The van der Waals surface area contributed by atoms with Crippen molar-refractivity contribution in [2.24, 2.45) is 52.1 Å². The summed E-state index contributed by atoms with van der Waals surface area (Å²) in [6.07, 6.45) is 14.8. The number of nitrogens with two attached hydrogens (primary N) is 1. The standard InChI is InChI=1S/C28H47NO4/c1-18(6-4-5-7-25(30)31)22-10-11-23-21-9-8-19-16-20(33-26(32)17-29)12-14-27(19,2)24(21)13-15-28(22,23)3/h18-24H,4-17,29H2,1-3H3,(H,30,31)/t18-,19?,20?,21+,22?,23?,24?,27+,28-/m1/s1. The second-order valence-corrected chi connectivity index (χ2v) is 12.6. The average Bonchev–Trinajstić information content (AvgIpc) is 3.14. The van der Waals surface area contributed by atoms with E-state index in [1.165, 1.54) is 51.4 Å². The maximum Gasteiger partial charge on any atom is 0.319 e. The molecule has 4 rings (SSSR count). The molecule has 4 aliphatic rings. The highest BCUT2D eigenvalue weighted by Gasteiger charge is 2.60. The fraction of sp³-hybridized carbons (Fsp3) is 0.929. The molecule has 33 heavy (non-hydrogen) atoms. The molecule has 0 radical (unpaired) electrons. The molecule has 0 saturated heterocycles. The van der Waals surface area contributed by atoms with E-state index in [1.54, 1.807) is 0 Å². The highest BCUT2D eigenvalue weighted by molar-refractivity contribution is 5.71. The zero-order valence-electron chi connectivity index (χ0n) is 21.2. The van der Waals surface area contributed by atoms with Crippen LogP contribution < -0.4 is 5.73 Å². The van der Waals surface area contributed by atoms with Gasteiger partial charge in [0, 0.05) is 6.42 Å². The molecule has 5 unspecified atom stereocenters. The summed E-state index contributed by atoms with van der Waals surface area (Å²) in [5, 5.41) is 8.94. The first-order valence-electron chi connectivity index (χ1n) is 13.8. The van der Waals surface area contributed by atoms with Crippen molar-refractivity contribution in [2.45, 2.75) is 110 Å². The van der Waals surface area contributed by atoms with Crippen LogP contribution >= 0.6 is 0 Å². The predicted molar refractivity (Wildman–Crippen MR) is 129 cm³/mol. The third-order valence-corrected chi connectivity index (χ3v) is 11.1. The lowest BCUT2D eigenvalue weighted by atomic mass is 9.44. The van der Waals surface area contributed by atoms with Gasteiger partial charge in [-0.25, -0.2) is 0 Å². The van der Waals surface area contributed by atoms with Gasteiger partial charge < -0.3 is 15.6 Å². The number of ether oxygens (including phenoxy) is 1. The lowest BCUT2D eigenvalue weighted by molar-refractivity contribution is -0.161. The van der Waals surface area contributed by atoms with E-state index < -0.39 is 5.97 Å². The Morgan fingerprint density at radius 2 is 1.73 bits per heavy atom. The Morgan fingerprint density at radius 1 is 1.00 bits per heavy atom. The molecular weight excluding hydrogens is 414 g/mol. The van der Waals surface area contributed by atoms with Crippen LogP contribution in [0.4, 0.5) is 0 Å². The first-order valence-corrected chi connectivity index (χ1v) is 13.8. The Bertz CT molecular complexity index is 725. The van der Waals surface area contributed by atoms with Crippen molar-refractivity contribution in [2.75, 3.05) is 6.54 Å². The maximum absolute atomic E-state index is 11.7. The smallest absolute Gasteiger partial charge is 0.319 e. The van der Waals surface area contributed by atoms with Crippen LogP contribution in [0, 0.1) is 46.3 Å². The maximum atomic E-state index is 11.7. The number of hydrogen-bond donors (Lipinski definition) is 2. The Kier molecular flexibility index (Phi) is 7.48. The molecule has 4 fully saturated rings. The van der Waals surface area contributed by atoms with Crippen LogP contribution in [-0.4, -0.2) is 29.7 Å². The topological polar surface area (TPSA) is 89.6 Å². The van der Waals surface area contributed by atoms with Crippen molar-refractivity contribution in [3.63, 3.8) is 0 Å². The van der Waals surface area contributed by atoms with Crippen LogP contribution in [0.3, 0.4) is 0 Å². The quantitative estimate of drug-likeness (QED) is 0.352. The second kappa shape index (κ2) is 9.87. The summed E-state index contributed by atoms with van der Waals surface area (Å²) in [6, 6.07) is 0. The second-order valence-electron chi connectivity index (χ2n) is 12.6. The number of fused-ring (bicyclic) bond motifs is 5. The van der Waals surface area contributed by atoms with Crippen molar-refractivity contribution in [3.8, 4) is 0 Å². The van der Waals surface area contributed by atoms with E-state index in [1.807, 2.05) is 0 Å². The number of aliphatic carboxylic acids is 1. The Labute approximate surface area is 200 Å². The molecule has 5 heteroatoms. The molecule has 0 aromatic heterocycles. The van der Waals surface area contributed by atoms with Crippen LogP contribution in [0.2, 0.25) is 0 Å². The fourth-order valence-corrected chi connectivity index (χ4v) is 9.48. The van der Waals surface area contributed by atoms with Gasteiger partial charge in [0.1, 0.15) is 6.10 Å². The number of carboxylic acid groups (broad SMARTS) is 1. The van der Waals surface area contributed by atoms with Crippen molar-refractivity contribution < 1.29 is 19.4 Å². The molecule has 3 N–H and O–H groups in total. The summed E-state index contributed by atoms with van der Waals surface area (Å²) < 4.78 is 5.65. The number of carbonyl (C=O) groups is 2. The molecule has 0 aliphatic heterocycles. The molecule has 0 aromatic rings. The van der Waals surface area contributed by atoms with E-state index in [9.17, 15) is 9.59 Å². The Morgan fingerprint density at radius 3 is 2.45 bits per heavy atom. The third-order valence-electron chi connectivity index (χ3n) is 11.1. The van der Waals surface area contributed by atoms with Gasteiger partial charge in [0.25, 0.3) is 0 Å². The number of carbonyl (C=O) groups excluding carboxylic acids is 1. The van der Waals surface area contributed by atoms with Crippen LogP contribution in [-0.2, 0) is 14.3 Å². The van der Waals surface area contributed by atoms with Crippen molar-refractivity contribution in [1.29, 1.82) is 0 Å². The molecular formula is C28H47NO4. The van der Waals surface area contributed by atoms with E-state index in [0.29, 0.717) is 29.1 Å². The number of unbranched alkanes of at least 4 members (excludes halogenated alkanes) is 1. The van der Waals surface area contributed by atoms with Gasteiger partial charge in [-0.05, 0) is 111 Å². The summed E-state index contributed by atoms with van der Waals surface area (Å²) in [5.41, 5.74) is 6.34. The first-order chi connectivity index (χ1) is 15.7. The number of esters is 1. The van der Waals surface area contributed by atoms with Gasteiger partial charge in [-0.3, -0.25) is 9.59 Å². The van der Waals surface area contributed by atoms with Gasteiger partial charge in [0.15, 0.2) is 0 Å².